The lowest BCUT2D eigenvalue weighted by Gasteiger charge is -2.23. The minimum Gasteiger partial charge on any atom is -0.508 e. The molecule has 0 bridgehead atoms. The molecule has 0 radical (unpaired) electrons. The van der Waals surface area contributed by atoms with Gasteiger partial charge in [-0.15, -0.1) is 0 Å². The summed E-state index contributed by atoms with van der Waals surface area (Å²) in [5.41, 5.74) is 5.49. The topological polar surface area (TPSA) is 72.9 Å². The van der Waals surface area contributed by atoms with Crippen molar-refractivity contribution in [2.75, 3.05) is 33.7 Å². The van der Waals surface area contributed by atoms with E-state index in [2.05, 4.69) is 21.2 Å². The molecule has 0 fully saturated rings. The molecule has 2 N–H and O–H groups in total. The van der Waals surface area contributed by atoms with Crippen molar-refractivity contribution in [3.05, 3.63) is 124 Å². The number of hydrogen-bond acceptors (Lipinski definition) is 4. The van der Waals surface area contributed by atoms with Crippen molar-refractivity contribution in [2.24, 2.45) is 0 Å². The first kappa shape index (κ1) is 30.0. The molecule has 0 aliphatic heterocycles. The van der Waals surface area contributed by atoms with Gasteiger partial charge in [0, 0.05) is 36.2 Å². The second kappa shape index (κ2) is 14.6. The highest BCUT2D eigenvalue weighted by Crippen LogP contribution is 2.25. The SMILES string of the molecule is CN(C)CCNC(=O)c1ccccc1-c1ccc(CN(CCc2ccc(O)cc2)C(=O)Cc2ccc(Br)cc2)cc1. The Kier molecular flexibility index (Phi) is 10.7. The molecule has 4 rings (SSSR count). The van der Waals surface area contributed by atoms with Crippen molar-refractivity contribution in [2.45, 2.75) is 19.4 Å². The Morgan fingerprint density at radius 2 is 1.41 bits per heavy atom. The predicted octanol–water partition coefficient (Wildman–Crippen LogP) is 5.93. The molecule has 0 unspecified atom stereocenters. The van der Waals surface area contributed by atoms with Gasteiger partial charge in [-0.1, -0.05) is 82.7 Å². The van der Waals surface area contributed by atoms with Gasteiger partial charge < -0.3 is 20.2 Å². The van der Waals surface area contributed by atoms with Crippen LogP contribution in [-0.4, -0.2) is 60.5 Å². The number of hydrogen-bond donors (Lipinski definition) is 2. The normalized spacial score (nSPS) is 10.9. The first-order valence-corrected chi connectivity index (χ1v) is 14.5. The van der Waals surface area contributed by atoms with E-state index >= 15 is 0 Å². The van der Waals surface area contributed by atoms with Gasteiger partial charge in [0.05, 0.1) is 6.42 Å². The number of benzene rings is 4. The van der Waals surface area contributed by atoms with Crippen LogP contribution in [0.1, 0.15) is 27.0 Å². The molecule has 0 atom stereocenters. The molecule has 4 aromatic rings. The van der Waals surface area contributed by atoms with Gasteiger partial charge in [-0.05, 0) is 78.7 Å². The molecule has 212 valence electrons. The molecule has 6 nitrogen and oxygen atoms in total. The molecule has 0 heterocycles. The van der Waals surface area contributed by atoms with Crippen LogP contribution in [0.3, 0.4) is 0 Å². The van der Waals surface area contributed by atoms with Crippen LogP contribution in [0.2, 0.25) is 0 Å². The van der Waals surface area contributed by atoms with E-state index in [1.165, 1.54) is 0 Å². The quantitative estimate of drug-likeness (QED) is 0.208. The first-order valence-electron chi connectivity index (χ1n) is 13.7. The number of rotatable bonds is 12. The minimum atomic E-state index is -0.0922. The van der Waals surface area contributed by atoms with Crippen LogP contribution in [0.4, 0.5) is 0 Å². The molecular formula is C34H36BrN3O3. The van der Waals surface area contributed by atoms with Crippen molar-refractivity contribution in [1.29, 1.82) is 0 Å². The number of nitrogens with one attached hydrogen (secondary N) is 1. The molecule has 0 saturated heterocycles. The highest BCUT2D eigenvalue weighted by atomic mass is 79.9. The smallest absolute Gasteiger partial charge is 0.251 e. The zero-order chi connectivity index (χ0) is 29.2. The summed E-state index contributed by atoms with van der Waals surface area (Å²) in [4.78, 5) is 30.2. The second-order valence-corrected chi connectivity index (χ2v) is 11.3. The molecular weight excluding hydrogens is 578 g/mol. The zero-order valence-electron chi connectivity index (χ0n) is 23.5. The Labute approximate surface area is 250 Å². The Morgan fingerprint density at radius 1 is 0.780 bits per heavy atom. The minimum absolute atomic E-state index is 0.0509. The van der Waals surface area contributed by atoms with Gasteiger partial charge in [0.25, 0.3) is 5.91 Å². The summed E-state index contributed by atoms with van der Waals surface area (Å²) in [5, 5.41) is 12.6. The summed E-state index contributed by atoms with van der Waals surface area (Å²) >= 11 is 3.45. The van der Waals surface area contributed by atoms with E-state index in [1.807, 2.05) is 109 Å². The Balaban J connectivity index is 1.49. The molecule has 0 aliphatic rings. The highest BCUT2D eigenvalue weighted by Gasteiger charge is 2.16. The third-order valence-electron chi connectivity index (χ3n) is 6.88. The lowest BCUT2D eigenvalue weighted by molar-refractivity contribution is -0.131. The average Bonchev–Trinajstić information content (AvgIpc) is 2.97. The largest absolute Gasteiger partial charge is 0.508 e. The number of halogens is 1. The van der Waals surface area contributed by atoms with E-state index in [0.29, 0.717) is 38.0 Å². The standard InChI is InChI=1S/C34H36BrN3O3/c1-37(2)22-20-36-34(41)32-6-4-3-5-31(32)28-13-7-27(8-14-28)24-38(21-19-25-11-17-30(39)18-12-25)33(40)23-26-9-15-29(35)16-10-26/h3-18,39H,19-24H2,1-2H3,(H,36,41). The summed E-state index contributed by atoms with van der Waals surface area (Å²) in [5.74, 6) is 0.185. The van der Waals surface area contributed by atoms with Crippen molar-refractivity contribution < 1.29 is 14.7 Å². The van der Waals surface area contributed by atoms with Crippen LogP contribution < -0.4 is 5.32 Å². The third kappa shape index (κ3) is 9.03. The Bertz CT molecular complexity index is 1440. The molecule has 2 amide bonds. The summed E-state index contributed by atoms with van der Waals surface area (Å²) in [7, 11) is 3.95. The summed E-state index contributed by atoms with van der Waals surface area (Å²) in [6.07, 6.45) is 0.998. The second-order valence-electron chi connectivity index (χ2n) is 10.3. The van der Waals surface area contributed by atoms with Gasteiger partial charge in [0.1, 0.15) is 5.75 Å². The van der Waals surface area contributed by atoms with Crippen molar-refractivity contribution in [3.8, 4) is 16.9 Å². The summed E-state index contributed by atoms with van der Waals surface area (Å²) < 4.78 is 0.977. The maximum Gasteiger partial charge on any atom is 0.251 e. The van der Waals surface area contributed by atoms with Crippen molar-refractivity contribution in [1.82, 2.24) is 15.1 Å². The van der Waals surface area contributed by atoms with E-state index in [-0.39, 0.29) is 17.6 Å². The predicted molar refractivity (Wildman–Crippen MR) is 168 cm³/mol. The molecule has 7 heteroatoms. The fraction of sp³-hybridized carbons (Fsp3) is 0.235. The molecule has 0 aromatic heterocycles. The monoisotopic (exact) mass is 613 g/mol. The number of nitrogens with zero attached hydrogens (tertiary/aromatic N) is 2. The number of aromatic hydroxyl groups is 1. The van der Waals surface area contributed by atoms with Gasteiger partial charge in [-0.2, -0.15) is 0 Å². The lowest BCUT2D eigenvalue weighted by atomic mass is 9.98. The number of phenolic OH excluding ortho intramolecular Hbond substituents is 1. The van der Waals surface area contributed by atoms with Gasteiger partial charge in [0.2, 0.25) is 5.91 Å². The van der Waals surface area contributed by atoms with Crippen LogP contribution in [0.25, 0.3) is 11.1 Å². The number of likely N-dealkylation sites (N-methyl/N-ethyl adjacent to an activating group) is 1. The Hall–Kier alpha value is -3.94. The van der Waals surface area contributed by atoms with Crippen molar-refractivity contribution >= 4 is 27.7 Å². The van der Waals surface area contributed by atoms with Crippen LogP contribution >= 0.6 is 15.9 Å². The van der Waals surface area contributed by atoms with E-state index in [9.17, 15) is 14.7 Å². The van der Waals surface area contributed by atoms with Crippen molar-refractivity contribution in [3.63, 3.8) is 0 Å². The molecule has 4 aromatic carbocycles. The summed E-state index contributed by atoms with van der Waals surface area (Å²) in [6, 6.07) is 30.6. The molecule has 0 saturated carbocycles. The zero-order valence-corrected chi connectivity index (χ0v) is 25.1. The first-order chi connectivity index (χ1) is 19.8. The van der Waals surface area contributed by atoms with Crippen LogP contribution in [0.15, 0.2) is 102 Å². The number of carbonyl (C=O) groups is 2. The van der Waals surface area contributed by atoms with Crippen LogP contribution in [0.5, 0.6) is 5.75 Å². The van der Waals surface area contributed by atoms with E-state index < -0.39 is 0 Å². The highest BCUT2D eigenvalue weighted by molar-refractivity contribution is 9.10. The Morgan fingerprint density at radius 3 is 2.10 bits per heavy atom. The molecule has 0 aliphatic carbocycles. The fourth-order valence-corrected chi connectivity index (χ4v) is 4.80. The summed E-state index contributed by atoms with van der Waals surface area (Å²) in [6.45, 7) is 2.37. The maximum absolute atomic E-state index is 13.4. The van der Waals surface area contributed by atoms with Gasteiger partial charge in [-0.25, -0.2) is 0 Å². The van der Waals surface area contributed by atoms with Crippen LogP contribution in [0, 0.1) is 0 Å². The average molecular weight is 615 g/mol. The van der Waals surface area contributed by atoms with E-state index in [1.54, 1.807) is 12.1 Å². The molecule has 41 heavy (non-hydrogen) atoms. The van der Waals surface area contributed by atoms with E-state index in [0.717, 1.165) is 38.8 Å². The molecule has 0 spiro atoms. The van der Waals surface area contributed by atoms with Crippen LogP contribution in [-0.2, 0) is 24.2 Å². The van der Waals surface area contributed by atoms with Gasteiger partial charge in [-0.3, -0.25) is 9.59 Å². The van der Waals surface area contributed by atoms with Gasteiger partial charge in [0.15, 0.2) is 0 Å². The number of phenols is 1. The maximum atomic E-state index is 13.4. The number of amides is 2. The lowest BCUT2D eigenvalue weighted by Crippen LogP contribution is -2.33. The fourth-order valence-electron chi connectivity index (χ4n) is 4.54. The van der Waals surface area contributed by atoms with E-state index in [4.69, 9.17) is 0 Å². The van der Waals surface area contributed by atoms with Gasteiger partial charge >= 0.3 is 0 Å². The number of carbonyl (C=O) groups excluding carboxylic acids is 2. The third-order valence-corrected chi connectivity index (χ3v) is 7.41.